The molecule has 0 atom stereocenters. The minimum Gasteiger partial charge on any atom is -0.508 e. The van der Waals surface area contributed by atoms with E-state index in [2.05, 4.69) is 0 Å². The van der Waals surface area contributed by atoms with Crippen molar-refractivity contribution >= 4 is 17.4 Å². The van der Waals surface area contributed by atoms with E-state index in [1.54, 1.807) is 17.8 Å². The number of nitrogens with two attached hydrogens (primary N) is 1. The number of aryl methyl sites for hydroxylation is 1. The van der Waals surface area contributed by atoms with Crippen LogP contribution >= 0.6 is 11.8 Å². The number of hydrogen-bond acceptors (Lipinski definition) is 4. The molecule has 2 aromatic rings. The fourth-order valence-corrected chi connectivity index (χ4v) is 2.01. The topological polar surface area (TPSA) is 55.5 Å². The van der Waals surface area contributed by atoms with Gasteiger partial charge in [-0.3, -0.25) is 0 Å². The van der Waals surface area contributed by atoms with Crippen molar-refractivity contribution in [3.8, 4) is 17.2 Å². The quantitative estimate of drug-likeness (QED) is 0.501. The van der Waals surface area contributed by atoms with Crippen LogP contribution in [-0.4, -0.2) is 11.4 Å². The van der Waals surface area contributed by atoms with Crippen LogP contribution in [0.3, 0.4) is 0 Å². The molecule has 0 bridgehead atoms. The molecule has 0 saturated carbocycles. The maximum absolute atomic E-state index is 9.54. The summed E-state index contributed by atoms with van der Waals surface area (Å²) in [5, 5.41) is 9.54. The Morgan fingerprint density at radius 1 is 1.17 bits per heavy atom. The molecule has 2 aromatic carbocycles. The molecular weight excluding hydrogens is 246 g/mol. The van der Waals surface area contributed by atoms with Crippen molar-refractivity contribution in [2.75, 3.05) is 12.0 Å². The van der Waals surface area contributed by atoms with Gasteiger partial charge in [0.2, 0.25) is 0 Å². The lowest BCUT2D eigenvalue weighted by Gasteiger charge is -2.11. The molecule has 0 radical (unpaired) electrons. The summed E-state index contributed by atoms with van der Waals surface area (Å²) in [5.41, 5.74) is 7.26. The predicted octanol–water partition coefficient (Wildman–Crippen LogP) is 3.80. The Kier molecular flexibility index (Phi) is 3.67. The van der Waals surface area contributed by atoms with Gasteiger partial charge in [-0.25, -0.2) is 0 Å². The molecule has 3 N–H and O–H groups in total. The number of phenolic OH excluding ortho intramolecular Hbond substituents is 1. The predicted molar refractivity (Wildman–Crippen MR) is 75.6 cm³/mol. The molecule has 0 spiro atoms. The number of anilines is 1. The summed E-state index contributed by atoms with van der Waals surface area (Å²) in [6.07, 6.45) is 2.02. The van der Waals surface area contributed by atoms with Gasteiger partial charge in [0.05, 0.1) is 5.69 Å². The van der Waals surface area contributed by atoms with E-state index >= 15 is 0 Å². The molecule has 0 saturated heterocycles. The van der Waals surface area contributed by atoms with Crippen LogP contribution in [0.4, 0.5) is 5.69 Å². The molecule has 0 amide bonds. The van der Waals surface area contributed by atoms with Crippen LogP contribution in [0.2, 0.25) is 0 Å². The number of phenols is 1. The smallest absolute Gasteiger partial charge is 0.154 e. The van der Waals surface area contributed by atoms with E-state index in [4.69, 9.17) is 10.5 Å². The number of benzene rings is 2. The molecule has 94 valence electrons. The van der Waals surface area contributed by atoms with Crippen molar-refractivity contribution in [3.63, 3.8) is 0 Å². The lowest BCUT2D eigenvalue weighted by molar-refractivity contribution is 0.456. The molecule has 0 unspecified atom stereocenters. The third kappa shape index (κ3) is 2.71. The average molecular weight is 261 g/mol. The number of nitrogen functional groups attached to an aromatic ring is 1. The second kappa shape index (κ2) is 5.23. The molecular formula is C14H15NO2S. The average Bonchev–Trinajstić information content (AvgIpc) is 2.36. The lowest BCUT2D eigenvalue weighted by Crippen LogP contribution is -1.94. The fourth-order valence-electron chi connectivity index (χ4n) is 1.60. The van der Waals surface area contributed by atoms with Crippen molar-refractivity contribution in [2.45, 2.75) is 11.8 Å². The number of hydrogen-bond donors (Lipinski definition) is 2. The van der Waals surface area contributed by atoms with E-state index in [0.29, 0.717) is 17.2 Å². The van der Waals surface area contributed by atoms with Crippen molar-refractivity contribution in [1.82, 2.24) is 0 Å². The first-order valence-corrected chi connectivity index (χ1v) is 6.73. The van der Waals surface area contributed by atoms with Crippen LogP contribution in [0, 0.1) is 6.92 Å². The zero-order valence-electron chi connectivity index (χ0n) is 10.3. The number of ether oxygens (including phenoxy) is 1. The first kappa shape index (κ1) is 12.6. The number of aromatic hydroxyl groups is 1. The first-order chi connectivity index (χ1) is 8.60. The van der Waals surface area contributed by atoms with Gasteiger partial charge in [0.15, 0.2) is 5.75 Å². The fraction of sp³-hybridized carbons (Fsp3) is 0.143. The van der Waals surface area contributed by atoms with Crippen LogP contribution in [0.1, 0.15) is 5.56 Å². The maximum atomic E-state index is 9.54. The second-order valence-electron chi connectivity index (χ2n) is 3.95. The van der Waals surface area contributed by atoms with Crippen molar-refractivity contribution in [2.24, 2.45) is 0 Å². The van der Waals surface area contributed by atoms with Gasteiger partial charge in [-0.1, -0.05) is 0 Å². The van der Waals surface area contributed by atoms with E-state index in [1.807, 2.05) is 37.4 Å². The van der Waals surface area contributed by atoms with Crippen molar-refractivity contribution in [1.29, 1.82) is 0 Å². The molecule has 0 heterocycles. The highest BCUT2D eigenvalue weighted by Gasteiger charge is 2.07. The van der Waals surface area contributed by atoms with Crippen LogP contribution in [0.5, 0.6) is 17.2 Å². The molecule has 0 aliphatic heterocycles. The number of thioether (sulfide) groups is 1. The van der Waals surface area contributed by atoms with Gasteiger partial charge >= 0.3 is 0 Å². The van der Waals surface area contributed by atoms with Crippen LogP contribution in [-0.2, 0) is 0 Å². The molecule has 0 fully saturated rings. The van der Waals surface area contributed by atoms with Gasteiger partial charge in [0.1, 0.15) is 11.5 Å². The summed E-state index contributed by atoms with van der Waals surface area (Å²) in [4.78, 5) is 1.17. The van der Waals surface area contributed by atoms with E-state index in [-0.39, 0.29) is 5.75 Å². The van der Waals surface area contributed by atoms with Gasteiger partial charge in [-0.2, -0.15) is 0 Å². The Morgan fingerprint density at radius 2 is 1.83 bits per heavy atom. The minimum atomic E-state index is 0.150. The van der Waals surface area contributed by atoms with Crippen LogP contribution in [0.25, 0.3) is 0 Å². The summed E-state index contributed by atoms with van der Waals surface area (Å²) >= 11 is 1.67. The second-order valence-corrected chi connectivity index (χ2v) is 4.83. The molecule has 0 aliphatic carbocycles. The minimum absolute atomic E-state index is 0.150. The number of rotatable bonds is 3. The van der Waals surface area contributed by atoms with Gasteiger partial charge in [0.25, 0.3) is 0 Å². The first-order valence-electron chi connectivity index (χ1n) is 5.51. The summed E-state index contributed by atoms with van der Waals surface area (Å²) < 4.78 is 5.68. The van der Waals surface area contributed by atoms with Gasteiger partial charge in [-0.15, -0.1) is 11.8 Å². The van der Waals surface area contributed by atoms with E-state index in [1.165, 1.54) is 11.0 Å². The summed E-state index contributed by atoms with van der Waals surface area (Å²) in [6, 6.07) is 10.8. The molecule has 0 aromatic heterocycles. The SMILES string of the molecule is CSc1ccc(Oc2cc(O)cc(C)c2N)cc1. The van der Waals surface area contributed by atoms with Gasteiger partial charge in [0, 0.05) is 11.0 Å². The Balaban J connectivity index is 2.27. The Bertz CT molecular complexity index is 552. The maximum Gasteiger partial charge on any atom is 0.154 e. The monoisotopic (exact) mass is 261 g/mol. The highest BCUT2D eigenvalue weighted by molar-refractivity contribution is 7.98. The zero-order valence-corrected chi connectivity index (χ0v) is 11.1. The largest absolute Gasteiger partial charge is 0.508 e. The Labute approximate surface area is 111 Å². The highest BCUT2D eigenvalue weighted by Crippen LogP contribution is 2.34. The molecule has 2 rings (SSSR count). The third-order valence-electron chi connectivity index (χ3n) is 2.62. The normalized spacial score (nSPS) is 10.3. The third-order valence-corrected chi connectivity index (χ3v) is 3.36. The Hall–Kier alpha value is -1.81. The lowest BCUT2D eigenvalue weighted by atomic mass is 10.2. The van der Waals surface area contributed by atoms with E-state index in [0.717, 1.165) is 5.56 Å². The Morgan fingerprint density at radius 3 is 2.44 bits per heavy atom. The molecule has 0 aliphatic rings. The highest BCUT2D eigenvalue weighted by atomic mass is 32.2. The molecule has 3 nitrogen and oxygen atoms in total. The standard InChI is InChI=1S/C14H15NO2S/c1-9-7-10(16)8-13(14(9)15)17-11-3-5-12(18-2)6-4-11/h3-8,16H,15H2,1-2H3. The molecule has 18 heavy (non-hydrogen) atoms. The zero-order chi connectivity index (χ0) is 13.1. The van der Waals surface area contributed by atoms with Crippen molar-refractivity contribution < 1.29 is 9.84 Å². The summed E-state index contributed by atoms with van der Waals surface area (Å²) in [7, 11) is 0. The van der Waals surface area contributed by atoms with Crippen LogP contribution in [0.15, 0.2) is 41.3 Å². The summed E-state index contributed by atoms with van der Waals surface area (Å²) in [5.74, 6) is 1.33. The van der Waals surface area contributed by atoms with Crippen molar-refractivity contribution in [3.05, 3.63) is 42.0 Å². The van der Waals surface area contributed by atoms with E-state index < -0.39 is 0 Å². The summed E-state index contributed by atoms with van der Waals surface area (Å²) in [6.45, 7) is 1.83. The molecule has 4 heteroatoms. The van der Waals surface area contributed by atoms with Crippen LogP contribution < -0.4 is 10.5 Å². The van der Waals surface area contributed by atoms with E-state index in [9.17, 15) is 5.11 Å². The van der Waals surface area contributed by atoms with Gasteiger partial charge in [-0.05, 0) is 49.1 Å². The van der Waals surface area contributed by atoms with Gasteiger partial charge < -0.3 is 15.6 Å².